The molecule has 0 radical (unpaired) electrons. The quantitative estimate of drug-likeness (QED) is 0.252. The molecule has 1 amide bonds. The SMILES string of the molecule is C=CC(=O)Nc1cc(Nc2cc(-c3ccc4c(cnn4C)c3)ncn2)c(OC)cc1N1CCN(CC)[C@@](C)([SiH3])C1. The van der Waals surface area contributed by atoms with Gasteiger partial charge in [-0.1, -0.05) is 19.6 Å². The zero-order chi connectivity index (χ0) is 28.4. The van der Waals surface area contributed by atoms with Gasteiger partial charge < -0.3 is 20.3 Å². The van der Waals surface area contributed by atoms with Gasteiger partial charge in [0.1, 0.15) is 17.9 Å². The van der Waals surface area contributed by atoms with E-state index >= 15 is 0 Å². The maximum Gasteiger partial charge on any atom is 0.247 e. The fourth-order valence-corrected chi connectivity index (χ4v) is 6.33. The van der Waals surface area contributed by atoms with Crippen molar-refractivity contribution in [3.05, 3.63) is 61.6 Å². The van der Waals surface area contributed by atoms with Crippen molar-refractivity contribution >= 4 is 49.9 Å². The van der Waals surface area contributed by atoms with Gasteiger partial charge in [0, 0.05) is 65.2 Å². The summed E-state index contributed by atoms with van der Waals surface area (Å²) in [5.74, 6) is 0.983. The number of piperazine rings is 1. The summed E-state index contributed by atoms with van der Waals surface area (Å²) in [7, 11) is 4.59. The van der Waals surface area contributed by atoms with Gasteiger partial charge in [0.25, 0.3) is 0 Å². The van der Waals surface area contributed by atoms with Crippen LogP contribution in [0.3, 0.4) is 0 Å². The number of carbonyl (C=O) groups excluding carboxylic acids is 1. The number of anilines is 4. The van der Waals surface area contributed by atoms with E-state index in [0.29, 0.717) is 22.9 Å². The van der Waals surface area contributed by atoms with Crippen LogP contribution in [0.5, 0.6) is 5.75 Å². The van der Waals surface area contributed by atoms with E-state index in [1.54, 1.807) is 7.11 Å². The molecule has 2 aromatic carbocycles. The highest BCUT2D eigenvalue weighted by Crippen LogP contribution is 2.40. The Kier molecular flexibility index (Phi) is 7.59. The zero-order valence-electron chi connectivity index (χ0n) is 23.7. The van der Waals surface area contributed by atoms with Gasteiger partial charge in [-0.15, -0.1) is 0 Å². The first-order chi connectivity index (χ1) is 19.2. The summed E-state index contributed by atoms with van der Waals surface area (Å²) in [6.07, 6.45) is 4.66. The maximum absolute atomic E-state index is 12.4. The predicted octanol–water partition coefficient (Wildman–Crippen LogP) is 3.13. The third-order valence-corrected chi connectivity index (χ3v) is 8.48. The lowest BCUT2D eigenvalue weighted by Crippen LogP contribution is -2.61. The van der Waals surface area contributed by atoms with Gasteiger partial charge in [0.05, 0.1) is 41.6 Å². The van der Waals surface area contributed by atoms with Crippen molar-refractivity contribution in [3.63, 3.8) is 0 Å². The minimum absolute atomic E-state index is 0.118. The largest absolute Gasteiger partial charge is 0.494 e. The van der Waals surface area contributed by atoms with Gasteiger partial charge in [-0.3, -0.25) is 14.4 Å². The number of rotatable bonds is 8. The third kappa shape index (κ3) is 5.43. The van der Waals surface area contributed by atoms with Crippen LogP contribution in [0, 0.1) is 0 Å². The number of benzene rings is 2. The molecular formula is C29H36N8O2Si. The summed E-state index contributed by atoms with van der Waals surface area (Å²) in [6.45, 7) is 11.9. The van der Waals surface area contributed by atoms with Crippen molar-refractivity contribution in [2.24, 2.45) is 7.05 Å². The van der Waals surface area contributed by atoms with Crippen LogP contribution in [-0.4, -0.2) is 79.2 Å². The molecule has 10 nitrogen and oxygen atoms in total. The highest BCUT2D eigenvalue weighted by atomic mass is 28.1. The molecule has 1 aliphatic rings. The molecule has 0 aliphatic carbocycles. The van der Waals surface area contributed by atoms with Gasteiger partial charge in [-0.25, -0.2) is 9.97 Å². The summed E-state index contributed by atoms with van der Waals surface area (Å²) >= 11 is 0. The van der Waals surface area contributed by atoms with E-state index in [4.69, 9.17) is 4.74 Å². The minimum Gasteiger partial charge on any atom is -0.494 e. The van der Waals surface area contributed by atoms with E-state index in [1.807, 2.05) is 48.3 Å². The topological polar surface area (TPSA) is 100 Å². The Bertz CT molecular complexity index is 1570. The second-order valence-electron chi connectivity index (χ2n) is 10.5. The molecule has 208 valence electrons. The Morgan fingerprint density at radius 1 is 1.20 bits per heavy atom. The van der Waals surface area contributed by atoms with Gasteiger partial charge in [0.2, 0.25) is 5.91 Å². The number of amides is 1. The van der Waals surface area contributed by atoms with Crippen LogP contribution in [0.1, 0.15) is 13.8 Å². The average molecular weight is 557 g/mol. The van der Waals surface area contributed by atoms with Crippen molar-refractivity contribution in [1.82, 2.24) is 24.6 Å². The summed E-state index contributed by atoms with van der Waals surface area (Å²) in [5.41, 5.74) is 5.08. The number of hydrogen-bond donors (Lipinski definition) is 2. The first-order valence-corrected chi connectivity index (χ1v) is 14.4. The molecule has 2 aromatic heterocycles. The van der Waals surface area contributed by atoms with Crippen LogP contribution in [0.25, 0.3) is 22.2 Å². The highest BCUT2D eigenvalue weighted by molar-refractivity contribution is 6.15. The molecule has 2 N–H and O–H groups in total. The molecule has 0 spiro atoms. The number of carbonyl (C=O) groups is 1. The van der Waals surface area contributed by atoms with E-state index in [2.05, 4.69) is 62.0 Å². The number of hydrogen-bond acceptors (Lipinski definition) is 8. The van der Waals surface area contributed by atoms with Crippen LogP contribution in [0.2, 0.25) is 0 Å². The molecule has 11 heteroatoms. The highest BCUT2D eigenvalue weighted by Gasteiger charge is 2.33. The Labute approximate surface area is 237 Å². The Morgan fingerprint density at radius 3 is 2.75 bits per heavy atom. The van der Waals surface area contributed by atoms with Crippen molar-refractivity contribution < 1.29 is 9.53 Å². The number of aromatic nitrogens is 4. The van der Waals surface area contributed by atoms with Crippen LogP contribution in [0.15, 0.2) is 61.6 Å². The van der Waals surface area contributed by atoms with E-state index in [9.17, 15) is 4.79 Å². The molecule has 4 aromatic rings. The fourth-order valence-electron chi connectivity index (χ4n) is 5.41. The lowest BCUT2D eigenvalue weighted by atomic mass is 10.1. The molecule has 3 heterocycles. The van der Waals surface area contributed by atoms with E-state index in [-0.39, 0.29) is 11.1 Å². The lowest BCUT2D eigenvalue weighted by Gasteiger charge is -2.48. The second kappa shape index (κ2) is 11.1. The first kappa shape index (κ1) is 27.3. The number of ether oxygens (including phenoxy) is 1. The van der Waals surface area contributed by atoms with Crippen LogP contribution in [0.4, 0.5) is 22.9 Å². The average Bonchev–Trinajstić information content (AvgIpc) is 3.32. The number of nitrogens with zero attached hydrogens (tertiary/aromatic N) is 6. The van der Waals surface area contributed by atoms with Gasteiger partial charge in [0.15, 0.2) is 0 Å². The standard InChI is InChI=1S/C29H36N8O2Si/c1-6-28(38)34-22-13-23(26(39-5)15-25(22)36-10-11-37(7-2)29(3,40)17-36)33-27-14-21(30-18-31-27)19-8-9-24-20(12-19)16-32-35(24)4/h6,8-9,12-16,18H,1,7,10-11,17H2,2-5,40H3,(H,34,38)(H,30,31,33)/t29-/m0/s1. The Morgan fingerprint density at radius 2 is 2.02 bits per heavy atom. The first-order valence-electron chi connectivity index (χ1n) is 13.4. The molecule has 1 aliphatic heterocycles. The van der Waals surface area contributed by atoms with E-state index in [0.717, 1.165) is 64.3 Å². The third-order valence-electron chi connectivity index (χ3n) is 7.53. The molecule has 0 unspecified atom stereocenters. The molecule has 40 heavy (non-hydrogen) atoms. The Balaban J connectivity index is 1.49. The van der Waals surface area contributed by atoms with E-state index in [1.165, 1.54) is 12.4 Å². The normalized spacial score (nSPS) is 17.6. The molecule has 5 rings (SSSR count). The Hall–Kier alpha value is -4.22. The van der Waals surface area contributed by atoms with Gasteiger partial charge in [-0.2, -0.15) is 5.10 Å². The van der Waals surface area contributed by atoms with Gasteiger partial charge in [-0.05, 0) is 37.7 Å². The summed E-state index contributed by atoms with van der Waals surface area (Å²) in [6, 6.07) is 11.9. The van der Waals surface area contributed by atoms with Crippen molar-refractivity contribution in [3.8, 4) is 17.0 Å². The minimum atomic E-state index is -0.270. The molecule has 1 atom stereocenters. The number of methoxy groups -OCH3 is 1. The van der Waals surface area contributed by atoms with Crippen molar-refractivity contribution in [2.45, 2.75) is 19.0 Å². The molecular weight excluding hydrogens is 520 g/mol. The summed E-state index contributed by atoms with van der Waals surface area (Å²) < 4.78 is 7.66. The second-order valence-corrected chi connectivity index (χ2v) is 12.7. The molecule has 0 bridgehead atoms. The molecule has 0 saturated carbocycles. The zero-order valence-corrected chi connectivity index (χ0v) is 25.7. The number of nitrogens with one attached hydrogen (secondary N) is 2. The molecule has 1 saturated heterocycles. The predicted molar refractivity (Wildman–Crippen MR) is 165 cm³/mol. The van der Waals surface area contributed by atoms with Crippen LogP contribution < -0.4 is 20.3 Å². The lowest BCUT2D eigenvalue weighted by molar-refractivity contribution is -0.111. The van der Waals surface area contributed by atoms with E-state index < -0.39 is 0 Å². The monoisotopic (exact) mass is 556 g/mol. The van der Waals surface area contributed by atoms with Crippen LogP contribution in [-0.2, 0) is 11.8 Å². The summed E-state index contributed by atoms with van der Waals surface area (Å²) in [5, 5.41) is 11.9. The van der Waals surface area contributed by atoms with Crippen molar-refractivity contribution in [2.75, 3.05) is 48.8 Å². The number of fused-ring (bicyclic) bond motifs is 1. The van der Waals surface area contributed by atoms with Crippen molar-refractivity contribution in [1.29, 1.82) is 0 Å². The molecule has 1 fully saturated rings. The number of aryl methyl sites for hydroxylation is 1. The number of likely N-dealkylation sites (N-methyl/N-ethyl adjacent to an activating group) is 1. The van der Waals surface area contributed by atoms with Gasteiger partial charge >= 0.3 is 0 Å². The van der Waals surface area contributed by atoms with Crippen LogP contribution >= 0.6 is 0 Å². The smallest absolute Gasteiger partial charge is 0.247 e. The summed E-state index contributed by atoms with van der Waals surface area (Å²) in [4.78, 5) is 26.2. The maximum atomic E-state index is 12.4. The fraction of sp³-hybridized carbons (Fsp3) is 0.310.